The highest BCUT2D eigenvalue weighted by molar-refractivity contribution is 5.99. The van der Waals surface area contributed by atoms with Crippen LogP contribution in [-0.2, 0) is 73.5 Å². The molecule has 512 valence electrons. The van der Waals surface area contributed by atoms with Crippen LogP contribution in [0.25, 0.3) is 0 Å². The first-order chi connectivity index (χ1) is 43.0. The van der Waals surface area contributed by atoms with Crippen molar-refractivity contribution < 1.29 is 77.3 Å². The summed E-state index contributed by atoms with van der Waals surface area (Å²) in [6.45, 7) is 9.27. The Bertz CT molecular complexity index is 2590. The van der Waals surface area contributed by atoms with Gasteiger partial charge in [-0.05, 0) is 117 Å². The third-order valence-electron chi connectivity index (χ3n) is 15.7. The van der Waals surface area contributed by atoms with Crippen LogP contribution in [0, 0.1) is 29.1 Å². The summed E-state index contributed by atoms with van der Waals surface area (Å²) in [6.07, 6.45) is -6.19. The third kappa shape index (κ3) is 28.4. The van der Waals surface area contributed by atoms with E-state index in [0.717, 1.165) is 0 Å². The number of nitrogens with two attached hydrogens (primary N) is 5. The van der Waals surface area contributed by atoms with Crippen LogP contribution < -0.4 is 76.5 Å². The van der Waals surface area contributed by atoms with Crippen molar-refractivity contribution in [2.24, 2.45) is 57.8 Å². The Morgan fingerprint density at radius 1 is 0.659 bits per heavy atom. The second-order valence-electron chi connectivity index (χ2n) is 24.1. The van der Waals surface area contributed by atoms with Crippen LogP contribution in [0.1, 0.15) is 131 Å². The summed E-state index contributed by atoms with van der Waals surface area (Å²) in [5, 5.41) is 45.2. The summed E-state index contributed by atoms with van der Waals surface area (Å²) in [6, 6.07) is -1.38. The molecule has 91 heavy (non-hydrogen) atoms. The summed E-state index contributed by atoms with van der Waals surface area (Å²) in [5.41, 5.74) is 28.9. The van der Waals surface area contributed by atoms with Gasteiger partial charge >= 0.3 is 5.97 Å². The molecule has 0 saturated carbocycles. The van der Waals surface area contributed by atoms with E-state index < -0.39 is 180 Å². The molecule has 21 N–H and O–H groups in total. The Morgan fingerprint density at radius 3 is 1.81 bits per heavy atom. The average molecular weight is 1290 g/mol. The number of carbonyl (C=O) groups excluding carboxylic acids is 13. The van der Waals surface area contributed by atoms with Crippen molar-refractivity contribution in [3.8, 4) is 0 Å². The second kappa shape index (κ2) is 41.2. The highest BCUT2D eigenvalue weighted by atomic mass is 16.5. The number of hydrogen-bond acceptors (Lipinski definition) is 21. The van der Waals surface area contributed by atoms with Crippen LogP contribution in [-0.4, -0.2) is 194 Å². The number of amides is 9. The molecule has 1 aromatic carbocycles. The molecule has 0 spiro atoms. The number of ketones is 3. The van der Waals surface area contributed by atoms with Crippen LogP contribution in [0.4, 0.5) is 0 Å². The zero-order valence-corrected chi connectivity index (χ0v) is 53.7. The number of benzene rings is 1. The fourth-order valence-corrected chi connectivity index (χ4v) is 9.75. The van der Waals surface area contributed by atoms with Crippen molar-refractivity contribution in [3.05, 3.63) is 35.9 Å². The highest BCUT2D eigenvalue weighted by Gasteiger charge is 2.38. The summed E-state index contributed by atoms with van der Waals surface area (Å²) >= 11 is 0. The number of carbonyl (C=O) groups is 13. The molecule has 0 bridgehead atoms. The molecule has 0 aromatic heterocycles. The Balaban J connectivity index is 2.69. The first kappa shape index (κ1) is 79.7. The summed E-state index contributed by atoms with van der Waals surface area (Å²) in [7, 11) is 0. The predicted octanol–water partition coefficient (Wildman–Crippen LogP) is -4.09. The number of aliphatic hydroxyl groups is 2. The lowest BCUT2D eigenvalue weighted by atomic mass is 9.90. The van der Waals surface area contributed by atoms with Gasteiger partial charge in [-0.15, -0.1) is 0 Å². The van der Waals surface area contributed by atoms with Crippen LogP contribution in [0.15, 0.2) is 30.3 Å². The molecule has 30 nitrogen and oxygen atoms in total. The van der Waals surface area contributed by atoms with Gasteiger partial charge in [-0.1, -0.05) is 51.1 Å². The minimum Gasteiger partial charge on any atom is -0.465 e. The number of hydrogen-bond donors (Lipinski definition) is 16. The van der Waals surface area contributed by atoms with E-state index in [0.29, 0.717) is 12.0 Å². The van der Waals surface area contributed by atoms with Crippen LogP contribution in [0.2, 0.25) is 0 Å². The molecule has 12 atom stereocenters. The van der Waals surface area contributed by atoms with Crippen molar-refractivity contribution in [1.82, 2.24) is 47.9 Å². The van der Waals surface area contributed by atoms with Crippen molar-refractivity contribution in [2.75, 3.05) is 52.4 Å². The molecule has 1 aromatic rings. The number of esters is 1. The fraction of sp³-hybridized carbons (Fsp3) is 0.689. The summed E-state index contributed by atoms with van der Waals surface area (Å²) in [4.78, 5) is 180. The molecular formula is C61H102N14O16. The summed E-state index contributed by atoms with van der Waals surface area (Å²) in [5.74, 6) is -14.7. The molecule has 1 saturated heterocycles. The monoisotopic (exact) mass is 1290 g/mol. The van der Waals surface area contributed by atoms with E-state index in [1.54, 1.807) is 65.0 Å². The molecule has 1 heterocycles. The van der Waals surface area contributed by atoms with Gasteiger partial charge in [0.05, 0.1) is 54.6 Å². The van der Waals surface area contributed by atoms with Gasteiger partial charge in [0.15, 0.2) is 17.3 Å². The molecule has 0 aliphatic carbocycles. The molecule has 9 amide bonds. The van der Waals surface area contributed by atoms with E-state index in [-0.39, 0.29) is 110 Å². The van der Waals surface area contributed by atoms with Gasteiger partial charge in [0, 0.05) is 50.6 Å². The predicted molar refractivity (Wildman–Crippen MR) is 334 cm³/mol. The number of ether oxygens (including phenoxy) is 1. The minimum absolute atomic E-state index is 0.0542. The molecule has 2 rings (SSSR count). The average Bonchev–Trinajstić information content (AvgIpc) is 3.00. The lowest BCUT2D eigenvalue weighted by Gasteiger charge is -2.28. The zero-order valence-electron chi connectivity index (χ0n) is 53.7. The van der Waals surface area contributed by atoms with Gasteiger partial charge in [0.1, 0.15) is 30.8 Å². The topological polar surface area (TPSA) is 510 Å². The van der Waals surface area contributed by atoms with Gasteiger partial charge < -0.3 is 91.5 Å². The Hall–Kier alpha value is -7.35. The molecule has 1 aliphatic rings. The van der Waals surface area contributed by atoms with Gasteiger partial charge in [-0.2, -0.15) is 0 Å². The standard InChI is InChI=1S/C61H102N14O16/c1-8-61(6,7)60(90)91-27-20-50(81)69-43(19-26-67-51(82)33-66)49(80)32-40(35(4)76)55(85)70-41(15-22-63)48(79)31-39-18-25-68-59(89)52(36(5)77)75-54(84)38(14-21-62)30-47(78)42(16-23-64)71-57(87)45(28-34(2)3)73-58(88)46(29-37-12-10-9-11-13-37)74-56(86)44(17-24-65)72-53(39)83/h9-13,34-36,38-46,52,76-77H,8,14-33,62-66H2,1-7H3,(H,67,82)(H,68,89)(H,69,81)(H,70,85)(H,71,87)(H,72,83)(H,73,88)(H,74,86)(H,75,84)/t35?,36?,38-,39-,40+,41+,42+,43+,44+,45+,46-,52+/m1/s1. The lowest BCUT2D eigenvalue weighted by molar-refractivity contribution is -0.154. The quantitative estimate of drug-likeness (QED) is 0.0305. The molecule has 2 unspecified atom stereocenters. The van der Waals surface area contributed by atoms with Crippen LogP contribution in [0.3, 0.4) is 0 Å². The molecular weight excluding hydrogens is 1180 g/mol. The number of rotatable bonds is 32. The van der Waals surface area contributed by atoms with E-state index >= 15 is 0 Å². The second-order valence-corrected chi connectivity index (χ2v) is 24.1. The van der Waals surface area contributed by atoms with Crippen molar-refractivity contribution in [3.63, 3.8) is 0 Å². The SMILES string of the molecule is CCC(C)(C)C(=O)OCCC(=O)N[C@@H](CCNC(=O)CN)C(=O)C[C@H](C(=O)N[C@@H](CCN)C(=O)C[C@H]1CCNC(=O)[C@H](C(C)O)NC(=O)[C@H](CCN)CC(=O)[C@H](CCN)NC(=O)[C@H](CC(C)C)NC(=O)[C@@H](Cc2ccccc2)NC(=O)[C@H](CCN)NC1=O)C(C)O. The zero-order chi connectivity index (χ0) is 68.5. The van der Waals surface area contributed by atoms with Gasteiger partial charge in [0.2, 0.25) is 53.2 Å². The first-order valence-corrected chi connectivity index (χ1v) is 31.3. The normalized spacial score (nSPS) is 22.0. The van der Waals surface area contributed by atoms with Crippen molar-refractivity contribution in [2.45, 2.75) is 186 Å². The number of aliphatic hydroxyl groups excluding tert-OH is 2. The van der Waals surface area contributed by atoms with Gasteiger partial charge in [0.25, 0.3) is 0 Å². The van der Waals surface area contributed by atoms with Crippen molar-refractivity contribution in [1.29, 1.82) is 0 Å². The molecule has 1 aliphatic heterocycles. The number of Topliss-reactive ketones (excluding diaryl/α,β-unsaturated/α-hetero) is 3. The van der Waals surface area contributed by atoms with E-state index in [9.17, 15) is 72.5 Å². The Morgan fingerprint density at radius 2 is 1.23 bits per heavy atom. The summed E-state index contributed by atoms with van der Waals surface area (Å²) < 4.78 is 5.27. The van der Waals surface area contributed by atoms with E-state index in [1.807, 2.05) is 0 Å². The molecule has 0 radical (unpaired) electrons. The van der Waals surface area contributed by atoms with Crippen LogP contribution in [0.5, 0.6) is 0 Å². The first-order valence-electron chi connectivity index (χ1n) is 31.3. The fourth-order valence-electron chi connectivity index (χ4n) is 9.75. The smallest absolute Gasteiger partial charge is 0.311 e. The molecule has 1 fully saturated rings. The Kier molecular flexibility index (Phi) is 36.1. The lowest BCUT2D eigenvalue weighted by Crippen LogP contribution is -2.59. The van der Waals surface area contributed by atoms with Crippen molar-refractivity contribution >= 4 is 76.5 Å². The van der Waals surface area contributed by atoms with Crippen LogP contribution >= 0.6 is 0 Å². The van der Waals surface area contributed by atoms with Gasteiger partial charge in [-0.25, -0.2) is 0 Å². The highest BCUT2D eigenvalue weighted by Crippen LogP contribution is 2.22. The van der Waals surface area contributed by atoms with E-state index in [1.165, 1.54) is 13.8 Å². The number of nitrogens with one attached hydrogen (secondary N) is 9. The minimum atomic E-state index is -1.66. The van der Waals surface area contributed by atoms with E-state index in [4.69, 9.17) is 33.4 Å². The third-order valence-corrected chi connectivity index (χ3v) is 15.7. The maximum Gasteiger partial charge on any atom is 0.311 e. The largest absolute Gasteiger partial charge is 0.465 e. The maximum absolute atomic E-state index is 14.7. The maximum atomic E-state index is 14.7. The van der Waals surface area contributed by atoms with E-state index in [2.05, 4.69) is 47.9 Å². The Labute approximate surface area is 532 Å². The molecule has 30 heteroatoms. The van der Waals surface area contributed by atoms with Gasteiger partial charge in [-0.3, -0.25) is 62.3 Å².